The number of nitrogens with one attached hydrogen (secondary N) is 1. The van der Waals surface area contributed by atoms with E-state index in [9.17, 15) is 19.1 Å². The highest BCUT2D eigenvalue weighted by atomic mass is 35.5. The lowest BCUT2D eigenvalue weighted by atomic mass is 9.95. The molecule has 0 saturated heterocycles. The second-order valence-corrected chi connectivity index (χ2v) is 8.39. The Balaban J connectivity index is 2.29. The summed E-state index contributed by atoms with van der Waals surface area (Å²) < 4.78 is 19.6. The second kappa shape index (κ2) is 10.1. The molecule has 0 fully saturated rings. The van der Waals surface area contributed by atoms with Crippen molar-refractivity contribution in [1.29, 1.82) is 0 Å². The van der Waals surface area contributed by atoms with Crippen molar-refractivity contribution in [3.05, 3.63) is 81.6 Å². The highest BCUT2D eigenvalue weighted by Crippen LogP contribution is 2.32. The van der Waals surface area contributed by atoms with Crippen molar-refractivity contribution in [2.45, 2.75) is 38.5 Å². The van der Waals surface area contributed by atoms with Crippen molar-refractivity contribution in [2.75, 3.05) is 0 Å². The third-order valence-corrected chi connectivity index (χ3v) is 4.35. The first kappa shape index (κ1) is 23.9. The molecule has 5 nitrogen and oxygen atoms in total. The molecule has 0 spiro atoms. The topological polar surface area (TPSA) is 75.6 Å². The predicted octanol–water partition coefficient (Wildman–Crippen LogP) is 4.92. The van der Waals surface area contributed by atoms with Crippen LogP contribution in [0.3, 0.4) is 0 Å². The van der Waals surface area contributed by atoms with Gasteiger partial charge >= 0.3 is 5.97 Å². The van der Waals surface area contributed by atoms with E-state index in [1.54, 1.807) is 39.0 Å². The fourth-order valence-corrected chi connectivity index (χ4v) is 3.00. The van der Waals surface area contributed by atoms with Gasteiger partial charge in [0.1, 0.15) is 17.5 Å². The number of hydrogen-bond donors (Lipinski definition) is 2. The fourth-order valence-electron chi connectivity index (χ4n) is 2.64. The molecular weight excluding hydrogens is 432 g/mol. The van der Waals surface area contributed by atoms with Gasteiger partial charge in [0.2, 0.25) is 5.91 Å². The molecular formula is C22H22Cl2FNO4. The molecule has 0 heterocycles. The van der Waals surface area contributed by atoms with Crippen LogP contribution < -0.4 is 5.32 Å². The highest BCUT2D eigenvalue weighted by Gasteiger charge is 2.27. The molecule has 2 unspecified atom stereocenters. The van der Waals surface area contributed by atoms with Crippen LogP contribution in [0.2, 0.25) is 10.0 Å². The molecule has 8 heteroatoms. The molecule has 0 aliphatic heterocycles. The smallest absolute Gasteiger partial charge is 0.331 e. The molecule has 2 atom stereocenters. The summed E-state index contributed by atoms with van der Waals surface area (Å²) in [5, 5.41) is 13.9. The van der Waals surface area contributed by atoms with Crippen LogP contribution in [0.25, 0.3) is 0 Å². The molecule has 0 aliphatic carbocycles. The first-order valence-corrected chi connectivity index (χ1v) is 9.82. The predicted molar refractivity (Wildman–Crippen MR) is 114 cm³/mol. The van der Waals surface area contributed by atoms with E-state index in [1.165, 1.54) is 18.2 Å². The minimum atomic E-state index is -1.32. The Morgan fingerprint density at radius 3 is 2.37 bits per heavy atom. The Morgan fingerprint density at radius 1 is 1.10 bits per heavy atom. The van der Waals surface area contributed by atoms with E-state index in [2.05, 4.69) is 5.32 Å². The lowest BCUT2D eigenvalue weighted by Crippen LogP contribution is -2.32. The van der Waals surface area contributed by atoms with Crippen LogP contribution in [0.1, 0.15) is 44.0 Å². The number of carbonyl (C=O) groups excluding carboxylic acids is 2. The Labute approximate surface area is 184 Å². The van der Waals surface area contributed by atoms with E-state index in [0.29, 0.717) is 10.6 Å². The fraction of sp³-hybridized carbons (Fsp3) is 0.273. The quantitative estimate of drug-likeness (QED) is 0.480. The molecule has 2 aromatic rings. The maximum Gasteiger partial charge on any atom is 0.331 e. The number of hydrogen-bond acceptors (Lipinski definition) is 4. The van der Waals surface area contributed by atoms with Crippen LogP contribution in [0, 0.1) is 5.82 Å². The molecule has 0 saturated carbocycles. The van der Waals surface area contributed by atoms with E-state index in [1.807, 2.05) is 0 Å². The number of halogens is 3. The Hall–Kier alpha value is -2.41. The number of carbonyl (C=O) groups is 2. The van der Waals surface area contributed by atoms with E-state index >= 15 is 0 Å². The highest BCUT2D eigenvalue weighted by molar-refractivity contribution is 6.30. The summed E-state index contributed by atoms with van der Waals surface area (Å²) >= 11 is 11.8. The monoisotopic (exact) mass is 453 g/mol. The van der Waals surface area contributed by atoms with Crippen LogP contribution in [0.5, 0.6) is 0 Å². The van der Waals surface area contributed by atoms with Crippen LogP contribution in [0.4, 0.5) is 4.39 Å². The number of amides is 1. The van der Waals surface area contributed by atoms with Gasteiger partial charge in [0.05, 0.1) is 6.04 Å². The lowest BCUT2D eigenvalue weighted by Gasteiger charge is -2.25. The summed E-state index contributed by atoms with van der Waals surface area (Å²) in [5.74, 6) is -2.13. The minimum Gasteiger partial charge on any atom is -0.457 e. The summed E-state index contributed by atoms with van der Waals surface area (Å²) in [4.78, 5) is 24.2. The SMILES string of the molecule is CC(C)(C)OC(=O)C=CC(=O)NC(c1ccc(Cl)cc1F)C(O)c1cccc(Cl)c1. The molecule has 2 N–H and O–H groups in total. The van der Waals surface area contributed by atoms with Gasteiger partial charge in [-0.15, -0.1) is 0 Å². The molecule has 0 aliphatic rings. The summed E-state index contributed by atoms with van der Waals surface area (Å²) in [7, 11) is 0. The standard InChI is InChI=1S/C22H22Cl2FNO4/c1-22(2,3)30-19(28)10-9-18(27)26-20(16-8-7-15(24)12-17(16)25)21(29)13-5-4-6-14(23)11-13/h4-12,20-21,29H,1-3H3,(H,26,27). The third kappa shape index (κ3) is 7.13. The maximum atomic E-state index is 14.5. The Kier molecular flexibility index (Phi) is 8.01. The number of aliphatic hydroxyl groups is 1. The zero-order valence-corrected chi connectivity index (χ0v) is 18.2. The van der Waals surface area contributed by atoms with Gasteiger partial charge in [0, 0.05) is 27.8 Å². The van der Waals surface area contributed by atoms with Gasteiger partial charge in [-0.05, 0) is 50.6 Å². The number of rotatable bonds is 6. The van der Waals surface area contributed by atoms with Gasteiger partial charge in [0.15, 0.2) is 0 Å². The van der Waals surface area contributed by atoms with Crippen molar-refractivity contribution in [3.8, 4) is 0 Å². The second-order valence-electron chi connectivity index (χ2n) is 7.52. The number of ether oxygens (including phenoxy) is 1. The summed E-state index contributed by atoms with van der Waals surface area (Å²) in [6, 6.07) is 9.08. The van der Waals surface area contributed by atoms with Crippen LogP contribution in [0.15, 0.2) is 54.6 Å². The van der Waals surface area contributed by atoms with Crippen LogP contribution in [-0.4, -0.2) is 22.6 Å². The van der Waals surface area contributed by atoms with Gasteiger partial charge in [-0.1, -0.05) is 41.4 Å². The maximum absolute atomic E-state index is 14.5. The van der Waals surface area contributed by atoms with Crippen LogP contribution >= 0.6 is 23.2 Å². The molecule has 30 heavy (non-hydrogen) atoms. The minimum absolute atomic E-state index is 0.0193. The molecule has 2 aromatic carbocycles. The van der Waals surface area contributed by atoms with Gasteiger partial charge in [0.25, 0.3) is 0 Å². The first-order valence-electron chi connectivity index (χ1n) is 9.06. The van der Waals surface area contributed by atoms with Gasteiger partial charge < -0.3 is 15.2 Å². The Morgan fingerprint density at radius 2 is 1.77 bits per heavy atom. The zero-order chi connectivity index (χ0) is 22.5. The van der Waals surface area contributed by atoms with E-state index < -0.39 is 35.4 Å². The lowest BCUT2D eigenvalue weighted by molar-refractivity contribution is -0.148. The number of aliphatic hydroxyl groups excluding tert-OH is 1. The van der Waals surface area contributed by atoms with E-state index in [4.69, 9.17) is 27.9 Å². The number of esters is 1. The van der Waals surface area contributed by atoms with Crippen molar-refractivity contribution >= 4 is 35.1 Å². The van der Waals surface area contributed by atoms with E-state index in [0.717, 1.165) is 18.2 Å². The third-order valence-electron chi connectivity index (χ3n) is 3.88. The Bertz CT molecular complexity index is 956. The van der Waals surface area contributed by atoms with Gasteiger partial charge in [-0.25, -0.2) is 9.18 Å². The van der Waals surface area contributed by atoms with Crippen molar-refractivity contribution in [1.82, 2.24) is 5.32 Å². The number of benzene rings is 2. The average molecular weight is 454 g/mol. The zero-order valence-electron chi connectivity index (χ0n) is 16.7. The largest absolute Gasteiger partial charge is 0.457 e. The van der Waals surface area contributed by atoms with Gasteiger partial charge in [-0.2, -0.15) is 0 Å². The molecule has 2 rings (SSSR count). The summed E-state index contributed by atoms with van der Waals surface area (Å²) in [5.41, 5.74) is -0.320. The van der Waals surface area contributed by atoms with Crippen molar-refractivity contribution in [2.24, 2.45) is 0 Å². The molecule has 0 radical (unpaired) electrons. The van der Waals surface area contributed by atoms with Crippen LogP contribution in [-0.2, 0) is 14.3 Å². The average Bonchev–Trinajstić information content (AvgIpc) is 2.63. The summed E-state index contributed by atoms with van der Waals surface area (Å²) in [6.07, 6.45) is 0.597. The van der Waals surface area contributed by atoms with Crippen molar-refractivity contribution < 1.29 is 23.8 Å². The van der Waals surface area contributed by atoms with E-state index in [-0.39, 0.29) is 10.6 Å². The first-order chi connectivity index (χ1) is 14.0. The molecule has 160 valence electrons. The normalized spacial score (nSPS) is 13.7. The van der Waals surface area contributed by atoms with Gasteiger partial charge in [-0.3, -0.25) is 4.79 Å². The molecule has 0 bridgehead atoms. The molecule has 0 aromatic heterocycles. The summed E-state index contributed by atoms with van der Waals surface area (Å²) in [6.45, 7) is 5.08. The molecule has 1 amide bonds. The van der Waals surface area contributed by atoms with Crippen molar-refractivity contribution in [3.63, 3.8) is 0 Å².